The lowest BCUT2D eigenvalue weighted by atomic mass is 10.0. The smallest absolute Gasteiger partial charge is 0.356 e. The number of methoxy groups -OCH3 is 1. The SMILES string of the molecule is CCN1CCC(Nc2ccnc(C(=O)OC)c2)CC1. The van der Waals surface area contributed by atoms with Gasteiger partial charge in [-0.05, 0) is 31.5 Å². The first-order chi connectivity index (χ1) is 9.22. The van der Waals surface area contributed by atoms with Crippen molar-refractivity contribution in [3.05, 3.63) is 24.0 Å². The van der Waals surface area contributed by atoms with Gasteiger partial charge in [-0.3, -0.25) is 0 Å². The van der Waals surface area contributed by atoms with Crippen LogP contribution in [0.3, 0.4) is 0 Å². The Hall–Kier alpha value is -1.62. The highest BCUT2D eigenvalue weighted by Gasteiger charge is 2.18. The van der Waals surface area contributed by atoms with Crippen molar-refractivity contribution in [2.24, 2.45) is 0 Å². The van der Waals surface area contributed by atoms with Crippen LogP contribution in [0.4, 0.5) is 5.69 Å². The van der Waals surface area contributed by atoms with Crippen LogP contribution >= 0.6 is 0 Å². The Balaban J connectivity index is 1.94. The number of rotatable bonds is 4. The lowest BCUT2D eigenvalue weighted by molar-refractivity contribution is 0.0594. The molecule has 19 heavy (non-hydrogen) atoms. The molecule has 2 heterocycles. The second-order valence-corrected chi connectivity index (χ2v) is 4.77. The number of pyridine rings is 1. The fraction of sp³-hybridized carbons (Fsp3) is 0.571. The summed E-state index contributed by atoms with van der Waals surface area (Å²) < 4.78 is 4.67. The van der Waals surface area contributed by atoms with Gasteiger partial charge in [-0.15, -0.1) is 0 Å². The molecule has 1 aromatic rings. The first-order valence-corrected chi connectivity index (χ1v) is 6.76. The van der Waals surface area contributed by atoms with Crippen LogP contribution in [0.2, 0.25) is 0 Å². The Kier molecular flexibility index (Phi) is 4.74. The van der Waals surface area contributed by atoms with Crippen LogP contribution in [0, 0.1) is 0 Å². The number of anilines is 1. The Morgan fingerprint density at radius 3 is 2.89 bits per heavy atom. The number of esters is 1. The summed E-state index contributed by atoms with van der Waals surface area (Å²) in [6.07, 6.45) is 3.89. The van der Waals surface area contributed by atoms with E-state index in [0.29, 0.717) is 11.7 Å². The average molecular weight is 263 g/mol. The van der Waals surface area contributed by atoms with Crippen LogP contribution in [0.25, 0.3) is 0 Å². The molecule has 0 saturated carbocycles. The van der Waals surface area contributed by atoms with E-state index in [-0.39, 0.29) is 0 Å². The minimum Gasteiger partial charge on any atom is -0.464 e. The van der Waals surface area contributed by atoms with Crippen molar-refractivity contribution in [3.63, 3.8) is 0 Å². The summed E-state index contributed by atoms with van der Waals surface area (Å²) in [4.78, 5) is 17.9. The molecule has 0 spiro atoms. The van der Waals surface area contributed by atoms with Crippen LogP contribution in [0.15, 0.2) is 18.3 Å². The van der Waals surface area contributed by atoms with E-state index in [1.165, 1.54) is 7.11 Å². The molecular weight excluding hydrogens is 242 g/mol. The number of likely N-dealkylation sites (tertiary alicyclic amines) is 1. The molecule has 1 aliphatic heterocycles. The van der Waals surface area contributed by atoms with Crippen molar-refractivity contribution >= 4 is 11.7 Å². The van der Waals surface area contributed by atoms with E-state index >= 15 is 0 Å². The van der Waals surface area contributed by atoms with E-state index in [1.54, 1.807) is 12.3 Å². The summed E-state index contributed by atoms with van der Waals surface area (Å²) in [5, 5.41) is 3.47. The molecule has 1 fully saturated rings. The molecule has 5 nitrogen and oxygen atoms in total. The molecule has 1 saturated heterocycles. The molecule has 0 unspecified atom stereocenters. The Labute approximate surface area is 114 Å². The zero-order valence-electron chi connectivity index (χ0n) is 11.6. The number of carbonyl (C=O) groups is 1. The number of nitrogens with one attached hydrogen (secondary N) is 1. The average Bonchev–Trinajstić information content (AvgIpc) is 2.47. The van der Waals surface area contributed by atoms with E-state index in [4.69, 9.17) is 0 Å². The summed E-state index contributed by atoms with van der Waals surface area (Å²) >= 11 is 0. The second kappa shape index (κ2) is 6.52. The van der Waals surface area contributed by atoms with Gasteiger partial charge in [0.2, 0.25) is 0 Å². The summed E-state index contributed by atoms with van der Waals surface area (Å²) in [5.41, 5.74) is 1.28. The lowest BCUT2D eigenvalue weighted by Gasteiger charge is -2.32. The predicted molar refractivity (Wildman–Crippen MR) is 74.3 cm³/mol. The molecule has 0 amide bonds. The zero-order valence-corrected chi connectivity index (χ0v) is 11.6. The largest absolute Gasteiger partial charge is 0.464 e. The van der Waals surface area contributed by atoms with E-state index in [9.17, 15) is 4.79 Å². The van der Waals surface area contributed by atoms with Crippen LogP contribution in [0.1, 0.15) is 30.3 Å². The van der Waals surface area contributed by atoms with Gasteiger partial charge in [-0.25, -0.2) is 9.78 Å². The topological polar surface area (TPSA) is 54.5 Å². The number of aromatic nitrogens is 1. The standard InChI is InChI=1S/C14H21N3O2/c1-3-17-8-5-11(6-9-17)16-12-4-7-15-13(10-12)14(18)19-2/h4,7,10-11H,3,5-6,8-9H2,1-2H3,(H,15,16). The molecule has 5 heteroatoms. The third-order valence-electron chi connectivity index (χ3n) is 3.56. The summed E-state index contributed by atoms with van der Waals surface area (Å²) in [6.45, 7) is 5.57. The molecule has 1 N–H and O–H groups in total. The number of nitrogens with zero attached hydrogens (tertiary/aromatic N) is 2. The van der Waals surface area contributed by atoms with Crippen molar-refractivity contribution in [2.75, 3.05) is 32.1 Å². The molecule has 104 valence electrons. The predicted octanol–water partition coefficient (Wildman–Crippen LogP) is 1.76. The molecule has 0 radical (unpaired) electrons. The van der Waals surface area contributed by atoms with Gasteiger partial charge in [0.15, 0.2) is 0 Å². The highest BCUT2D eigenvalue weighted by molar-refractivity contribution is 5.88. The molecule has 0 aromatic carbocycles. The van der Waals surface area contributed by atoms with E-state index in [0.717, 1.165) is 38.2 Å². The molecular formula is C14H21N3O2. The summed E-state index contributed by atoms with van der Waals surface area (Å²) in [5.74, 6) is -0.399. The van der Waals surface area contributed by atoms with E-state index in [2.05, 4.69) is 26.9 Å². The van der Waals surface area contributed by atoms with Crippen molar-refractivity contribution in [1.82, 2.24) is 9.88 Å². The van der Waals surface area contributed by atoms with E-state index < -0.39 is 5.97 Å². The monoisotopic (exact) mass is 263 g/mol. The maximum absolute atomic E-state index is 11.4. The van der Waals surface area contributed by atoms with Gasteiger partial charge in [0.25, 0.3) is 0 Å². The van der Waals surface area contributed by atoms with Gasteiger partial charge in [0, 0.05) is 31.0 Å². The highest BCUT2D eigenvalue weighted by atomic mass is 16.5. The molecule has 1 aliphatic rings. The molecule has 0 aliphatic carbocycles. The van der Waals surface area contributed by atoms with Gasteiger partial charge < -0.3 is 15.0 Å². The number of carbonyl (C=O) groups excluding carboxylic acids is 1. The fourth-order valence-corrected chi connectivity index (χ4v) is 2.37. The van der Waals surface area contributed by atoms with Crippen molar-refractivity contribution in [3.8, 4) is 0 Å². The molecule has 0 atom stereocenters. The quantitative estimate of drug-likeness (QED) is 0.839. The fourth-order valence-electron chi connectivity index (χ4n) is 2.37. The lowest BCUT2D eigenvalue weighted by Crippen LogP contribution is -2.38. The van der Waals surface area contributed by atoms with Gasteiger partial charge >= 0.3 is 5.97 Å². The number of ether oxygens (including phenoxy) is 1. The maximum atomic E-state index is 11.4. The molecule has 1 aromatic heterocycles. The van der Waals surface area contributed by atoms with E-state index in [1.807, 2.05) is 6.07 Å². The Morgan fingerprint density at radius 1 is 1.53 bits per heavy atom. The van der Waals surface area contributed by atoms with Crippen molar-refractivity contribution in [1.29, 1.82) is 0 Å². The van der Waals surface area contributed by atoms with Gasteiger partial charge in [-0.2, -0.15) is 0 Å². The van der Waals surface area contributed by atoms with Crippen molar-refractivity contribution < 1.29 is 9.53 Å². The number of hydrogen-bond donors (Lipinski definition) is 1. The molecule has 2 rings (SSSR count). The first kappa shape index (κ1) is 13.8. The Bertz CT molecular complexity index is 428. The van der Waals surface area contributed by atoms with Crippen molar-refractivity contribution in [2.45, 2.75) is 25.8 Å². The third-order valence-corrected chi connectivity index (χ3v) is 3.56. The van der Waals surface area contributed by atoms with Crippen LogP contribution in [-0.4, -0.2) is 48.6 Å². The minimum atomic E-state index is -0.399. The second-order valence-electron chi connectivity index (χ2n) is 4.77. The minimum absolute atomic E-state index is 0.346. The van der Waals surface area contributed by atoms with Gasteiger partial charge in [0.1, 0.15) is 5.69 Å². The number of hydrogen-bond acceptors (Lipinski definition) is 5. The maximum Gasteiger partial charge on any atom is 0.356 e. The highest BCUT2D eigenvalue weighted by Crippen LogP contribution is 2.17. The zero-order chi connectivity index (χ0) is 13.7. The normalized spacial score (nSPS) is 17.2. The van der Waals surface area contributed by atoms with Gasteiger partial charge in [-0.1, -0.05) is 6.92 Å². The van der Waals surface area contributed by atoms with Crippen LogP contribution in [-0.2, 0) is 4.74 Å². The van der Waals surface area contributed by atoms with Crippen LogP contribution in [0.5, 0.6) is 0 Å². The third kappa shape index (κ3) is 3.67. The summed E-state index contributed by atoms with van der Waals surface area (Å²) in [7, 11) is 1.37. The van der Waals surface area contributed by atoms with Gasteiger partial charge in [0.05, 0.1) is 7.11 Å². The Morgan fingerprint density at radius 2 is 2.26 bits per heavy atom. The number of piperidine rings is 1. The van der Waals surface area contributed by atoms with Crippen LogP contribution < -0.4 is 5.32 Å². The summed E-state index contributed by atoms with van der Waals surface area (Å²) in [6, 6.07) is 4.10. The first-order valence-electron chi connectivity index (χ1n) is 6.76. The molecule has 0 bridgehead atoms.